The lowest BCUT2D eigenvalue weighted by atomic mass is 10.0. The van der Waals surface area contributed by atoms with Crippen molar-refractivity contribution >= 4 is 62.2 Å². The SMILES string of the molecule is Nc1ccccc1NC(=O)CCCCCC(=O)Nc1ccc(C2OC(CSc3nc4ccccc4s3)CC(c3ccc(CO)cc3)O2)cc1. The average molecular weight is 697 g/mol. The Morgan fingerprint density at radius 2 is 1.53 bits per heavy atom. The summed E-state index contributed by atoms with van der Waals surface area (Å²) in [5, 5.41) is 15.3. The van der Waals surface area contributed by atoms with Crippen LogP contribution in [0, 0.1) is 0 Å². The molecule has 254 valence electrons. The zero-order chi connectivity index (χ0) is 34.0. The quantitative estimate of drug-likeness (QED) is 0.0518. The van der Waals surface area contributed by atoms with Crippen molar-refractivity contribution < 1.29 is 24.2 Å². The summed E-state index contributed by atoms with van der Waals surface area (Å²) < 4.78 is 15.2. The van der Waals surface area contributed by atoms with Crippen LogP contribution in [0.4, 0.5) is 17.1 Å². The highest BCUT2D eigenvalue weighted by molar-refractivity contribution is 8.01. The molecule has 0 bridgehead atoms. The normalized spacial score (nSPS) is 17.5. The first-order valence-electron chi connectivity index (χ1n) is 16.5. The number of ether oxygens (including phenoxy) is 2. The van der Waals surface area contributed by atoms with E-state index in [0.29, 0.717) is 49.2 Å². The van der Waals surface area contributed by atoms with Crippen LogP contribution in [0.3, 0.4) is 0 Å². The van der Waals surface area contributed by atoms with Gasteiger partial charge in [-0.05, 0) is 60.4 Å². The molecule has 4 aromatic carbocycles. The van der Waals surface area contributed by atoms with Crippen molar-refractivity contribution in [2.24, 2.45) is 0 Å². The van der Waals surface area contributed by atoms with Crippen molar-refractivity contribution in [2.45, 2.75) is 68.0 Å². The summed E-state index contributed by atoms with van der Waals surface area (Å²) in [4.78, 5) is 29.6. The van der Waals surface area contributed by atoms with Crippen molar-refractivity contribution in [1.29, 1.82) is 0 Å². The molecule has 1 aromatic heterocycles. The molecule has 0 spiro atoms. The van der Waals surface area contributed by atoms with Gasteiger partial charge in [-0.1, -0.05) is 78.8 Å². The minimum Gasteiger partial charge on any atom is -0.397 e. The number of thiazole rings is 1. The zero-order valence-electron chi connectivity index (χ0n) is 27.0. The Balaban J connectivity index is 1.00. The first kappa shape index (κ1) is 34.6. The molecule has 5 N–H and O–H groups in total. The maximum absolute atomic E-state index is 12.6. The first-order valence-corrected chi connectivity index (χ1v) is 18.3. The predicted octanol–water partition coefficient (Wildman–Crippen LogP) is 8.24. The summed E-state index contributed by atoms with van der Waals surface area (Å²) in [5.41, 5.74) is 11.5. The molecule has 1 saturated heterocycles. The van der Waals surface area contributed by atoms with E-state index in [1.165, 1.54) is 4.70 Å². The fourth-order valence-electron chi connectivity index (χ4n) is 5.62. The Kier molecular flexibility index (Phi) is 11.9. The number of benzene rings is 4. The molecule has 0 radical (unpaired) electrons. The Bertz CT molecular complexity index is 1810. The van der Waals surface area contributed by atoms with E-state index in [1.807, 2.05) is 78.9 Å². The van der Waals surface area contributed by atoms with Gasteiger partial charge < -0.3 is 30.9 Å². The van der Waals surface area contributed by atoms with Crippen molar-refractivity contribution in [3.8, 4) is 0 Å². The van der Waals surface area contributed by atoms with Crippen LogP contribution in [0.5, 0.6) is 0 Å². The van der Waals surface area contributed by atoms with E-state index >= 15 is 0 Å². The number of nitrogen functional groups attached to an aromatic ring is 1. The van der Waals surface area contributed by atoms with Crippen molar-refractivity contribution in [3.63, 3.8) is 0 Å². The lowest BCUT2D eigenvalue weighted by Gasteiger charge is -2.36. The smallest absolute Gasteiger partial charge is 0.224 e. The number of carbonyl (C=O) groups is 2. The Hall–Kier alpha value is -4.26. The number of aromatic nitrogens is 1. The third-order valence-electron chi connectivity index (χ3n) is 8.29. The van der Waals surface area contributed by atoms with Crippen molar-refractivity contribution in [3.05, 3.63) is 114 Å². The summed E-state index contributed by atoms with van der Waals surface area (Å²) in [7, 11) is 0. The van der Waals surface area contributed by atoms with Crippen LogP contribution < -0.4 is 16.4 Å². The maximum atomic E-state index is 12.6. The van der Waals surface area contributed by atoms with Gasteiger partial charge in [-0.25, -0.2) is 4.98 Å². The molecule has 0 saturated carbocycles. The number of aliphatic hydroxyl groups is 1. The molecule has 3 atom stereocenters. The third-order valence-corrected chi connectivity index (χ3v) is 10.6. The van der Waals surface area contributed by atoms with Crippen molar-refractivity contribution in [2.75, 3.05) is 22.1 Å². The number of nitrogens with zero attached hydrogens (tertiary/aromatic N) is 1. The maximum Gasteiger partial charge on any atom is 0.224 e. The second kappa shape index (κ2) is 16.9. The number of amides is 2. The molecule has 5 aromatic rings. The molecule has 3 unspecified atom stereocenters. The van der Waals surface area contributed by atoms with E-state index < -0.39 is 6.29 Å². The van der Waals surface area contributed by atoms with Crippen LogP contribution in [-0.4, -0.2) is 33.8 Å². The third kappa shape index (κ3) is 9.68. The fourth-order valence-corrected chi connectivity index (χ4v) is 7.73. The van der Waals surface area contributed by atoms with Crippen LogP contribution in [0.1, 0.15) is 67.6 Å². The van der Waals surface area contributed by atoms with Crippen LogP contribution >= 0.6 is 23.1 Å². The van der Waals surface area contributed by atoms with E-state index in [4.69, 9.17) is 20.2 Å². The Morgan fingerprint density at radius 3 is 2.27 bits per heavy atom. The first-order chi connectivity index (χ1) is 23.9. The van der Waals surface area contributed by atoms with Crippen LogP contribution in [0.15, 0.2) is 101 Å². The molecule has 6 rings (SSSR count). The van der Waals surface area contributed by atoms with E-state index in [-0.39, 0.29) is 30.6 Å². The lowest BCUT2D eigenvalue weighted by molar-refractivity contribution is -0.245. The van der Waals surface area contributed by atoms with Gasteiger partial charge in [-0.2, -0.15) is 0 Å². The molecule has 1 aliphatic rings. The second-order valence-corrected chi connectivity index (χ2v) is 14.3. The molecular formula is C38H40N4O5S2. The second-order valence-electron chi connectivity index (χ2n) is 12.0. The summed E-state index contributed by atoms with van der Waals surface area (Å²) in [6.07, 6.45) is 2.72. The molecule has 2 amide bonds. The van der Waals surface area contributed by atoms with Crippen molar-refractivity contribution in [1.82, 2.24) is 4.98 Å². The summed E-state index contributed by atoms with van der Waals surface area (Å²) >= 11 is 3.38. The van der Waals surface area contributed by atoms with Gasteiger partial charge in [0.05, 0.1) is 40.4 Å². The number of anilines is 3. The van der Waals surface area contributed by atoms with E-state index in [0.717, 1.165) is 38.7 Å². The monoisotopic (exact) mass is 696 g/mol. The topological polar surface area (TPSA) is 136 Å². The predicted molar refractivity (Wildman–Crippen MR) is 196 cm³/mol. The number of nitrogens with one attached hydrogen (secondary N) is 2. The lowest BCUT2D eigenvalue weighted by Crippen LogP contribution is -2.31. The molecule has 0 aliphatic carbocycles. The number of hydrogen-bond acceptors (Lipinski definition) is 9. The van der Waals surface area contributed by atoms with Gasteiger partial charge in [0.1, 0.15) is 0 Å². The van der Waals surface area contributed by atoms with Crippen LogP contribution in [-0.2, 0) is 25.7 Å². The van der Waals surface area contributed by atoms with Gasteiger partial charge in [0.25, 0.3) is 0 Å². The molecule has 11 heteroatoms. The molecule has 49 heavy (non-hydrogen) atoms. The number of para-hydroxylation sites is 3. The van der Waals surface area contributed by atoms with Gasteiger partial charge in [0.2, 0.25) is 11.8 Å². The minimum atomic E-state index is -0.586. The Labute approximate surface area is 294 Å². The van der Waals surface area contributed by atoms with Gasteiger partial charge in [0.15, 0.2) is 10.6 Å². The number of hydrogen-bond donors (Lipinski definition) is 4. The largest absolute Gasteiger partial charge is 0.397 e. The molecule has 1 fully saturated rings. The van der Waals surface area contributed by atoms with E-state index in [1.54, 1.807) is 35.2 Å². The van der Waals surface area contributed by atoms with Gasteiger partial charge in [0, 0.05) is 36.3 Å². The van der Waals surface area contributed by atoms with E-state index in [2.05, 4.69) is 16.7 Å². The molecule has 1 aliphatic heterocycles. The number of carbonyl (C=O) groups excluding carboxylic acids is 2. The number of aliphatic hydroxyl groups excluding tert-OH is 1. The average Bonchev–Trinajstić information content (AvgIpc) is 3.55. The Morgan fingerprint density at radius 1 is 0.837 bits per heavy atom. The molecular weight excluding hydrogens is 657 g/mol. The number of thioether (sulfide) groups is 1. The fraction of sp³-hybridized carbons (Fsp3) is 0.289. The van der Waals surface area contributed by atoms with Crippen LogP contribution in [0.25, 0.3) is 10.2 Å². The summed E-state index contributed by atoms with van der Waals surface area (Å²) in [6.45, 7) is -0.00790. The van der Waals surface area contributed by atoms with Gasteiger partial charge in [-0.15, -0.1) is 11.3 Å². The standard InChI is InChI=1S/C38H40N4O5S2/c39-30-8-4-5-9-31(30)41-36(45)13-3-1-2-12-35(44)40-28-20-18-27(19-21-28)37-46-29(22-33(47-37)26-16-14-25(23-43)15-17-26)24-48-38-42-32-10-6-7-11-34(32)49-38/h4-11,14-21,29,33,37,43H,1-3,12-13,22-24,39H2,(H,40,44)(H,41,45). The van der Waals surface area contributed by atoms with Crippen LogP contribution in [0.2, 0.25) is 0 Å². The number of fused-ring (bicyclic) bond motifs is 1. The van der Waals surface area contributed by atoms with E-state index in [9.17, 15) is 14.7 Å². The number of rotatable bonds is 14. The minimum absolute atomic E-state index is 0.00790. The highest BCUT2D eigenvalue weighted by Crippen LogP contribution is 2.40. The summed E-state index contributed by atoms with van der Waals surface area (Å²) in [5.74, 6) is 0.570. The number of nitrogens with two attached hydrogens (primary N) is 1. The highest BCUT2D eigenvalue weighted by atomic mass is 32.2. The molecule has 2 heterocycles. The summed E-state index contributed by atoms with van der Waals surface area (Å²) in [6, 6.07) is 30.8. The van der Waals surface area contributed by atoms with Gasteiger partial charge >= 0.3 is 0 Å². The zero-order valence-corrected chi connectivity index (χ0v) is 28.7. The molecule has 9 nitrogen and oxygen atoms in total. The number of unbranched alkanes of at least 4 members (excludes halogenated alkanes) is 2. The highest BCUT2D eigenvalue weighted by Gasteiger charge is 2.32. The van der Waals surface area contributed by atoms with Gasteiger partial charge in [-0.3, -0.25) is 9.59 Å².